The van der Waals surface area contributed by atoms with Crippen molar-refractivity contribution < 1.29 is 34.5 Å². The molecule has 1 aliphatic heterocycles. The molecule has 1 aromatic carbocycles. The molecule has 2 heterocycles. The van der Waals surface area contributed by atoms with Gasteiger partial charge >= 0.3 is 5.97 Å². The minimum atomic E-state index is -1.53. The second-order valence-electron chi connectivity index (χ2n) is 9.07. The summed E-state index contributed by atoms with van der Waals surface area (Å²) in [4.78, 5) is 58.9. The molecule has 37 heavy (non-hydrogen) atoms. The molecule has 3 amide bonds. The maximum absolute atomic E-state index is 13.6. The number of aromatic nitrogens is 2. The lowest BCUT2D eigenvalue weighted by atomic mass is 10.0. The number of hydrogen-bond donors (Lipinski definition) is 7. The number of carboxylic acid groups (broad SMARTS) is 1. The molecule has 0 aliphatic carbocycles. The number of rotatable bonds is 11. The lowest BCUT2D eigenvalue weighted by Gasteiger charge is -2.30. The molecule has 0 saturated carbocycles. The Hall–Kier alpha value is -3.97. The maximum Gasteiger partial charge on any atom is 0.328 e. The molecular formula is C24H32N6O7. The van der Waals surface area contributed by atoms with Crippen LogP contribution < -0.4 is 16.4 Å². The number of H-pyrrole nitrogens is 1. The van der Waals surface area contributed by atoms with Gasteiger partial charge in [0.05, 0.1) is 18.5 Å². The Bertz CT molecular complexity index is 1090. The van der Waals surface area contributed by atoms with E-state index in [1.807, 2.05) is 0 Å². The predicted molar refractivity (Wildman–Crippen MR) is 130 cm³/mol. The Kier molecular flexibility index (Phi) is 9.20. The number of aliphatic hydroxyl groups is 1. The van der Waals surface area contributed by atoms with Gasteiger partial charge in [0.2, 0.25) is 17.7 Å². The van der Waals surface area contributed by atoms with E-state index in [4.69, 9.17) is 5.73 Å². The number of likely N-dealkylation sites (tertiary alicyclic amines) is 1. The summed E-state index contributed by atoms with van der Waals surface area (Å²) >= 11 is 0. The summed E-state index contributed by atoms with van der Waals surface area (Å²) in [6.07, 6.45) is 2.68. The van der Waals surface area contributed by atoms with Crippen LogP contribution in [0, 0.1) is 0 Å². The Morgan fingerprint density at radius 3 is 2.49 bits per heavy atom. The molecule has 2 aromatic rings. The number of amides is 3. The highest BCUT2D eigenvalue weighted by Crippen LogP contribution is 2.21. The summed E-state index contributed by atoms with van der Waals surface area (Å²) < 4.78 is 0. The number of nitrogens with two attached hydrogens (primary N) is 1. The van der Waals surface area contributed by atoms with Crippen LogP contribution in [0.3, 0.4) is 0 Å². The van der Waals surface area contributed by atoms with E-state index in [1.54, 1.807) is 12.1 Å². The third kappa shape index (κ3) is 7.27. The first kappa shape index (κ1) is 27.6. The number of aromatic hydroxyl groups is 1. The number of imidazole rings is 1. The van der Waals surface area contributed by atoms with Crippen molar-refractivity contribution in [2.75, 3.05) is 6.54 Å². The third-order valence-corrected chi connectivity index (χ3v) is 6.21. The van der Waals surface area contributed by atoms with E-state index in [2.05, 4.69) is 20.6 Å². The standard InChI is InChI=1S/C24H32N6O7/c1-13(31)20(24(36)37)29-22(34)19-3-2-8-30(19)23(35)18(9-14-4-6-16(32)7-5-14)28-21(33)17(25)10-15-11-26-12-27-15/h4-7,11-13,17-20,31-32H,2-3,8-10,25H2,1H3,(H,26,27)(H,28,33)(H,29,34)(H,36,37). The number of nitrogens with zero attached hydrogens (tertiary/aromatic N) is 2. The van der Waals surface area contributed by atoms with E-state index in [-0.39, 0.29) is 25.1 Å². The largest absolute Gasteiger partial charge is 0.508 e. The zero-order chi connectivity index (χ0) is 27.1. The van der Waals surface area contributed by atoms with E-state index >= 15 is 0 Å². The number of aliphatic hydroxyl groups excluding tert-OH is 1. The fourth-order valence-electron chi connectivity index (χ4n) is 4.21. The molecule has 5 unspecified atom stereocenters. The van der Waals surface area contributed by atoms with Gasteiger partial charge in [-0.3, -0.25) is 14.4 Å². The van der Waals surface area contributed by atoms with Crippen LogP contribution >= 0.6 is 0 Å². The van der Waals surface area contributed by atoms with Crippen LogP contribution in [0.1, 0.15) is 31.0 Å². The summed E-state index contributed by atoms with van der Waals surface area (Å²) in [6, 6.07) is 1.58. The molecule has 1 saturated heterocycles. The first-order chi connectivity index (χ1) is 17.6. The monoisotopic (exact) mass is 516 g/mol. The Labute approximate surface area is 213 Å². The Morgan fingerprint density at radius 1 is 1.19 bits per heavy atom. The number of carbonyl (C=O) groups is 4. The maximum atomic E-state index is 13.6. The van der Waals surface area contributed by atoms with Crippen LogP contribution in [0.4, 0.5) is 0 Å². The first-order valence-electron chi connectivity index (χ1n) is 11.9. The average Bonchev–Trinajstić information content (AvgIpc) is 3.54. The number of benzene rings is 1. The van der Waals surface area contributed by atoms with Crippen molar-refractivity contribution in [3.63, 3.8) is 0 Å². The van der Waals surface area contributed by atoms with Gasteiger partial charge in [-0.05, 0) is 37.5 Å². The van der Waals surface area contributed by atoms with E-state index in [0.717, 1.165) is 0 Å². The van der Waals surface area contributed by atoms with Gasteiger partial charge in [-0.15, -0.1) is 0 Å². The number of nitrogens with one attached hydrogen (secondary N) is 3. The third-order valence-electron chi connectivity index (χ3n) is 6.21. The minimum Gasteiger partial charge on any atom is -0.508 e. The molecular weight excluding hydrogens is 484 g/mol. The second-order valence-corrected chi connectivity index (χ2v) is 9.07. The smallest absolute Gasteiger partial charge is 0.328 e. The fraction of sp³-hybridized carbons (Fsp3) is 0.458. The van der Waals surface area contributed by atoms with Crippen LogP contribution in [0.15, 0.2) is 36.8 Å². The highest BCUT2D eigenvalue weighted by Gasteiger charge is 2.39. The SMILES string of the molecule is CC(O)C(NC(=O)C1CCCN1C(=O)C(Cc1ccc(O)cc1)NC(=O)C(N)Cc1cnc[nH]1)C(=O)O. The summed E-state index contributed by atoms with van der Waals surface area (Å²) in [5.41, 5.74) is 7.35. The van der Waals surface area contributed by atoms with Crippen molar-refractivity contribution >= 4 is 23.7 Å². The van der Waals surface area contributed by atoms with E-state index < -0.39 is 54.0 Å². The van der Waals surface area contributed by atoms with E-state index in [1.165, 1.54) is 36.5 Å². The number of phenolic OH excluding ortho intramolecular Hbond substituents is 1. The van der Waals surface area contributed by atoms with Crippen LogP contribution in [-0.4, -0.2) is 90.7 Å². The van der Waals surface area contributed by atoms with Crippen LogP contribution in [0.5, 0.6) is 5.75 Å². The first-order valence-corrected chi connectivity index (χ1v) is 11.9. The van der Waals surface area contributed by atoms with Crippen molar-refractivity contribution in [1.29, 1.82) is 0 Å². The zero-order valence-corrected chi connectivity index (χ0v) is 20.3. The van der Waals surface area contributed by atoms with Gasteiger partial charge in [-0.2, -0.15) is 0 Å². The minimum absolute atomic E-state index is 0.0413. The molecule has 0 radical (unpaired) electrons. The van der Waals surface area contributed by atoms with Crippen molar-refractivity contribution in [3.8, 4) is 5.75 Å². The number of hydrogen-bond acceptors (Lipinski definition) is 8. The quantitative estimate of drug-likeness (QED) is 0.188. The highest BCUT2D eigenvalue weighted by molar-refractivity contribution is 5.94. The van der Waals surface area contributed by atoms with Crippen molar-refractivity contribution in [3.05, 3.63) is 48.0 Å². The molecule has 8 N–H and O–H groups in total. The van der Waals surface area contributed by atoms with Gasteiger partial charge < -0.3 is 41.6 Å². The molecule has 200 valence electrons. The molecule has 0 spiro atoms. The normalized spacial score (nSPS) is 18.5. The molecule has 3 rings (SSSR count). The second kappa shape index (κ2) is 12.3. The van der Waals surface area contributed by atoms with Gasteiger partial charge in [-0.25, -0.2) is 9.78 Å². The summed E-state index contributed by atoms with van der Waals surface area (Å²) in [5, 5.41) is 33.6. The van der Waals surface area contributed by atoms with Crippen LogP contribution in [-0.2, 0) is 32.0 Å². The van der Waals surface area contributed by atoms with Gasteiger partial charge in [0.1, 0.15) is 17.8 Å². The molecule has 1 aliphatic rings. The van der Waals surface area contributed by atoms with E-state index in [0.29, 0.717) is 24.1 Å². The highest BCUT2D eigenvalue weighted by atomic mass is 16.4. The van der Waals surface area contributed by atoms with Gasteiger partial charge in [-0.1, -0.05) is 12.1 Å². The number of carbonyl (C=O) groups excluding carboxylic acids is 3. The number of phenols is 1. The lowest BCUT2D eigenvalue weighted by Crippen LogP contribution is -2.58. The van der Waals surface area contributed by atoms with E-state index in [9.17, 15) is 34.5 Å². The number of aliphatic carboxylic acids is 1. The van der Waals surface area contributed by atoms with Crippen LogP contribution in [0.25, 0.3) is 0 Å². The molecule has 13 nitrogen and oxygen atoms in total. The lowest BCUT2D eigenvalue weighted by molar-refractivity contribution is -0.147. The molecule has 1 fully saturated rings. The fourth-order valence-corrected chi connectivity index (χ4v) is 4.21. The summed E-state index contributed by atoms with van der Waals surface area (Å²) in [6.45, 7) is 1.47. The number of carboxylic acids is 1. The number of aromatic amines is 1. The van der Waals surface area contributed by atoms with Gasteiger partial charge in [0.15, 0.2) is 6.04 Å². The molecule has 5 atom stereocenters. The summed E-state index contributed by atoms with van der Waals surface area (Å²) in [7, 11) is 0. The summed E-state index contributed by atoms with van der Waals surface area (Å²) in [5.74, 6) is -3.17. The predicted octanol–water partition coefficient (Wildman–Crippen LogP) is -1.35. The Morgan fingerprint density at radius 2 is 1.89 bits per heavy atom. The molecule has 1 aromatic heterocycles. The van der Waals surface area contributed by atoms with Crippen molar-refractivity contribution in [1.82, 2.24) is 25.5 Å². The van der Waals surface area contributed by atoms with Crippen molar-refractivity contribution in [2.45, 2.75) is 62.9 Å². The topological polar surface area (TPSA) is 211 Å². The molecule has 13 heteroatoms. The molecule has 0 bridgehead atoms. The van der Waals surface area contributed by atoms with Crippen LogP contribution in [0.2, 0.25) is 0 Å². The van der Waals surface area contributed by atoms with Gasteiger partial charge in [0.25, 0.3) is 0 Å². The van der Waals surface area contributed by atoms with Crippen molar-refractivity contribution in [2.24, 2.45) is 5.73 Å². The zero-order valence-electron chi connectivity index (χ0n) is 20.3. The average molecular weight is 517 g/mol. The Balaban J connectivity index is 1.78. The van der Waals surface area contributed by atoms with Gasteiger partial charge in [0, 0.05) is 31.3 Å².